The molecule has 0 unspecified atom stereocenters. The van der Waals surface area contributed by atoms with Crippen LogP contribution in [0.15, 0.2) is 41.7 Å². The summed E-state index contributed by atoms with van der Waals surface area (Å²) in [6, 6.07) is 6.53. The summed E-state index contributed by atoms with van der Waals surface area (Å²) in [6.07, 6.45) is 3.55. The molecule has 0 spiro atoms. The first-order valence-corrected chi connectivity index (χ1v) is 12.4. The zero-order valence-electron chi connectivity index (χ0n) is 19.7. The van der Waals surface area contributed by atoms with Crippen LogP contribution in [0.3, 0.4) is 0 Å². The second-order valence-electron chi connectivity index (χ2n) is 9.25. The Bertz CT molecular complexity index is 1470. The number of hydrogen-bond donors (Lipinski definition) is 1. The fraction of sp³-hybridized carbons (Fsp3) is 0.333. The number of amides is 1. The van der Waals surface area contributed by atoms with E-state index in [-0.39, 0.29) is 40.0 Å². The van der Waals surface area contributed by atoms with Crippen LogP contribution in [0.2, 0.25) is 0 Å². The largest absolute Gasteiger partial charge is 0.475 e. The van der Waals surface area contributed by atoms with Gasteiger partial charge in [0.2, 0.25) is 11.8 Å². The summed E-state index contributed by atoms with van der Waals surface area (Å²) in [7, 11) is -4.23. The number of fused-ring (bicyclic) bond motifs is 6. The van der Waals surface area contributed by atoms with Crippen molar-refractivity contribution in [3.8, 4) is 23.1 Å². The van der Waals surface area contributed by atoms with Gasteiger partial charge in [0.25, 0.3) is 10.0 Å². The van der Waals surface area contributed by atoms with Crippen LogP contribution in [0.1, 0.15) is 50.3 Å². The molecule has 0 atom stereocenters. The molecule has 9 nitrogen and oxygen atoms in total. The SMILES string of the molecule is CC(C)c1c(F)c(C#N)cc2c1CC(=O)NS(=O)(=O)c1cnn(c1)C(C)(C)COc1cc-2ccn1. The summed E-state index contributed by atoms with van der Waals surface area (Å²) in [5.41, 5.74) is 0.496. The quantitative estimate of drug-likeness (QED) is 0.547. The molecule has 0 aliphatic carbocycles. The highest BCUT2D eigenvalue weighted by atomic mass is 32.2. The summed E-state index contributed by atoms with van der Waals surface area (Å²) in [6.45, 7) is 7.20. The molecule has 2 aromatic heterocycles. The van der Waals surface area contributed by atoms with Gasteiger partial charge in [0.05, 0.1) is 23.7 Å². The second kappa shape index (κ2) is 8.78. The summed E-state index contributed by atoms with van der Waals surface area (Å²) in [5, 5.41) is 13.7. The molecule has 0 fully saturated rings. The van der Waals surface area contributed by atoms with Crippen molar-refractivity contribution in [2.24, 2.45) is 0 Å². The van der Waals surface area contributed by atoms with E-state index < -0.39 is 33.7 Å². The number of ether oxygens (including phenoxy) is 1. The number of sulfonamides is 1. The van der Waals surface area contributed by atoms with Crippen LogP contribution in [-0.4, -0.2) is 35.7 Å². The minimum absolute atomic E-state index is 0.105. The summed E-state index contributed by atoms with van der Waals surface area (Å²) < 4.78 is 50.5. The Morgan fingerprint density at radius 3 is 2.74 bits per heavy atom. The number of nitrogens with zero attached hydrogens (tertiary/aromatic N) is 4. The van der Waals surface area contributed by atoms with Gasteiger partial charge in [0.15, 0.2) is 0 Å². The van der Waals surface area contributed by atoms with Crippen molar-refractivity contribution in [3.05, 3.63) is 59.3 Å². The lowest BCUT2D eigenvalue weighted by molar-refractivity contribution is -0.118. The van der Waals surface area contributed by atoms with Gasteiger partial charge in [0, 0.05) is 18.5 Å². The smallest absolute Gasteiger partial charge is 0.267 e. The lowest BCUT2D eigenvalue weighted by Crippen LogP contribution is -2.34. The van der Waals surface area contributed by atoms with Gasteiger partial charge in [-0.3, -0.25) is 9.48 Å². The Kier molecular flexibility index (Phi) is 6.11. The molecule has 11 heteroatoms. The number of rotatable bonds is 1. The molecule has 0 saturated carbocycles. The van der Waals surface area contributed by atoms with Crippen molar-refractivity contribution in [1.29, 1.82) is 5.26 Å². The molecule has 182 valence electrons. The van der Waals surface area contributed by atoms with Crippen molar-refractivity contribution in [3.63, 3.8) is 0 Å². The maximum absolute atomic E-state index is 15.3. The van der Waals surface area contributed by atoms with Gasteiger partial charge in [0.1, 0.15) is 23.4 Å². The molecular weight excluding hydrogens is 473 g/mol. The number of aromatic nitrogens is 3. The second-order valence-corrected chi connectivity index (χ2v) is 10.9. The van der Waals surface area contributed by atoms with Crippen molar-refractivity contribution in [2.45, 2.75) is 50.5 Å². The maximum Gasteiger partial charge on any atom is 0.267 e. The lowest BCUT2D eigenvalue weighted by atomic mass is 9.86. The highest BCUT2D eigenvalue weighted by Gasteiger charge is 2.29. The molecule has 1 aliphatic rings. The fourth-order valence-electron chi connectivity index (χ4n) is 4.00. The topological polar surface area (TPSA) is 127 Å². The summed E-state index contributed by atoms with van der Waals surface area (Å²) >= 11 is 0. The third kappa shape index (κ3) is 4.61. The first-order chi connectivity index (χ1) is 16.4. The van der Waals surface area contributed by atoms with Crippen LogP contribution in [0.25, 0.3) is 11.1 Å². The van der Waals surface area contributed by atoms with E-state index in [9.17, 15) is 18.5 Å². The average molecular weight is 498 g/mol. The molecule has 4 bridgehead atoms. The van der Waals surface area contributed by atoms with E-state index in [0.717, 1.165) is 6.20 Å². The van der Waals surface area contributed by atoms with E-state index in [1.807, 2.05) is 19.9 Å². The van der Waals surface area contributed by atoms with Gasteiger partial charge >= 0.3 is 0 Å². The zero-order valence-corrected chi connectivity index (χ0v) is 20.5. The molecule has 35 heavy (non-hydrogen) atoms. The molecule has 0 radical (unpaired) electrons. The van der Waals surface area contributed by atoms with Crippen LogP contribution < -0.4 is 9.46 Å². The number of carbonyl (C=O) groups excluding carboxylic acids is 1. The van der Waals surface area contributed by atoms with Crippen LogP contribution >= 0.6 is 0 Å². The Morgan fingerprint density at radius 1 is 1.31 bits per heavy atom. The van der Waals surface area contributed by atoms with E-state index in [1.54, 1.807) is 26.0 Å². The fourth-order valence-corrected chi connectivity index (χ4v) is 4.92. The van der Waals surface area contributed by atoms with Gasteiger partial charge in [-0.2, -0.15) is 10.4 Å². The van der Waals surface area contributed by atoms with Crippen LogP contribution in [0, 0.1) is 17.1 Å². The summed E-state index contributed by atoms with van der Waals surface area (Å²) in [4.78, 5) is 17.0. The maximum atomic E-state index is 15.3. The molecule has 1 amide bonds. The number of benzene rings is 1. The van der Waals surface area contributed by atoms with E-state index in [4.69, 9.17) is 4.74 Å². The first-order valence-electron chi connectivity index (χ1n) is 10.9. The first kappa shape index (κ1) is 24.3. The van der Waals surface area contributed by atoms with E-state index in [0.29, 0.717) is 11.1 Å². The molecule has 1 aliphatic heterocycles. The highest BCUT2D eigenvalue weighted by molar-refractivity contribution is 7.90. The minimum atomic E-state index is -4.23. The molecule has 4 rings (SSSR count). The van der Waals surface area contributed by atoms with Crippen molar-refractivity contribution in [2.75, 3.05) is 6.61 Å². The minimum Gasteiger partial charge on any atom is -0.475 e. The van der Waals surface area contributed by atoms with Crippen LogP contribution in [-0.2, 0) is 26.8 Å². The normalized spacial score (nSPS) is 16.8. The Balaban J connectivity index is 1.97. The molecule has 3 heterocycles. The van der Waals surface area contributed by atoms with E-state index in [2.05, 4.69) is 14.8 Å². The third-order valence-electron chi connectivity index (χ3n) is 5.80. The molecule has 1 N–H and O–H groups in total. The van der Waals surface area contributed by atoms with Gasteiger partial charge in [-0.25, -0.2) is 22.5 Å². The number of nitriles is 1. The number of halogens is 1. The van der Waals surface area contributed by atoms with Gasteiger partial charge in [-0.15, -0.1) is 0 Å². The predicted octanol–water partition coefficient (Wildman–Crippen LogP) is 3.25. The predicted molar refractivity (Wildman–Crippen MR) is 125 cm³/mol. The highest BCUT2D eigenvalue weighted by Crippen LogP contribution is 2.36. The number of nitrogens with one attached hydrogen (secondary N) is 1. The summed E-state index contributed by atoms with van der Waals surface area (Å²) in [5.74, 6) is -1.69. The van der Waals surface area contributed by atoms with Gasteiger partial charge in [-0.05, 0) is 54.2 Å². The van der Waals surface area contributed by atoms with E-state index >= 15 is 4.39 Å². The molecule has 3 aromatic rings. The van der Waals surface area contributed by atoms with Crippen LogP contribution in [0.5, 0.6) is 5.88 Å². The Morgan fingerprint density at radius 2 is 2.06 bits per heavy atom. The lowest BCUT2D eigenvalue weighted by Gasteiger charge is -2.25. The zero-order chi connectivity index (χ0) is 25.5. The Labute approximate surface area is 202 Å². The van der Waals surface area contributed by atoms with Crippen molar-refractivity contribution in [1.82, 2.24) is 19.5 Å². The van der Waals surface area contributed by atoms with E-state index in [1.165, 1.54) is 23.1 Å². The third-order valence-corrected chi connectivity index (χ3v) is 7.13. The number of pyridine rings is 1. The van der Waals surface area contributed by atoms with Crippen molar-refractivity contribution < 1.29 is 22.3 Å². The number of carbonyl (C=O) groups is 1. The van der Waals surface area contributed by atoms with Crippen molar-refractivity contribution >= 4 is 15.9 Å². The monoisotopic (exact) mass is 497 g/mol. The van der Waals surface area contributed by atoms with Crippen LogP contribution in [0.4, 0.5) is 4.39 Å². The standard InChI is InChI=1S/C24H24FN5O4S/c1-14(2)22-19-9-20(31)29-35(32,33)17-11-28-30(12-17)24(3,4)13-34-21-8-15(5-6-27-21)18(19)7-16(10-26)23(22)25/h5-8,11-12,14H,9,13H2,1-4H3,(H,29,31). The molecular formula is C24H24FN5O4S. The molecule has 0 saturated heterocycles. The molecule has 1 aromatic carbocycles. The van der Waals surface area contributed by atoms with Gasteiger partial charge < -0.3 is 4.74 Å². The van der Waals surface area contributed by atoms with Gasteiger partial charge in [-0.1, -0.05) is 13.8 Å². The number of hydrogen-bond acceptors (Lipinski definition) is 7. The Hall–Kier alpha value is -3.78. The average Bonchev–Trinajstić information content (AvgIpc) is 3.30.